The van der Waals surface area contributed by atoms with Crippen LogP contribution in [0.25, 0.3) is 0 Å². The number of alkyl halides is 21. The number of rotatable bonds is 0. The molecule has 0 aliphatic heterocycles. The fourth-order valence-corrected chi connectivity index (χ4v) is 4.52. The van der Waals surface area contributed by atoms with E-state index in [1.165, 1.54) is 0 Å². The van der Waals surface area contributed by atoms with E-state index in [9.17, 15) is 83.4 Å². The van der Waals surface area contributed by atoms with Gasteiger partial charge in [-0.05, 0) is 0 Å². The van der Waals surface area contributed by atoms with Gasteiger partial charge in [-0.2, -0.15) is 70.2 Å². The highest BCUT2D eigenvalue weighted by Crippen LogP contribution is 2.86. The van der Waals surface area contributed by atoms with Gasteiger partial charge < -0.3 is 0 Å². The molecule has 0 spiro atoms. The zero-order chi connectivity index (χ0) is 27.6. The molecule has 0 saturated heterocycles. The highest BCUT2D eigenvalue weighted by Gasteiger charge is 3.18. The van der Waals surface area contributed by atoms with Crippen molar-refractivity contribution in [3.05, 3.63) is 0 Å². The van der Waals surface area contributed by atoms with E-state index in [-0.39, 0.29) is 0 Å². The van der Waals surface area contributed by atoms with Gasteiger partial charge in [0.25, 0.3) is 11.3 Å². The Morgan fingerprint density at radius 3 is 0.912 bits per heavy atom. The van der Waals surface area contributed by atoms with E-state index in [0.717, 1.165) is 0 Å². The number of hydrogen-bond acceptors (Lipinski definition) is 0. The van der Waals surface area contributed by atoms with Crippen LogP contribution in [-0.2, 0) is 0 Å². The topological polar surface area (TPSA) is 0 Å². The maximum Gasteiger partial charge on any atom is 0.382 e. The monoisotopic (exact) mass is 556 g/mol. The van der Waals surface area contributed by atoms with E-state index in [4.69, 9.17) is 0 Å². The normalized spacial score (nSPS) is 47.4. The van der Waals surface area contributed by atoms with E-state index in [2.05, 4.69) is 0 Å². The Labute approximate surface area is 170 Å². The van der Waals surface area contributed by atoms with Crippen molar-refractivity contribution >= 4 is 0 Å². The maximum atomic E-state index is 15.0. The molecule has 4 atom stereocenters. The van der Waals surface area contributed by atoms with Gasteiger partial charge in [0.2, 0.25) is 5.67 Å². The van der Waals surface area contributed by atoms with Gasteiger partial charge in [0.1, 0.15) is 5.92 Å². The molecule has 21 heteroatoms. The molecule has 0 N–H and O–H groups in total. The molecule has 0 nitrogen and oxygen atoms in total. The average Bonchev–Trinajstić information content (AvgIpc) is 2.74. The molecule has 200 valence electrons. The predicted molar refractivity (Wildman–Crippen MR) is 59.5 cm³/mol. The molecule has 0 amide bonds. The fourth-order valence-electron chi connectivity index (χ4n) is 4.52. The molecule has 0 bridgehead atoms. The minimum absolute atomic E-state index is 7.09. The molecule has 3 rings (SSSR count). The summed E-state index contributed by atoms with van der Waals surface area (Å²) in [5.41, 5.74) is -26.0. The predicted octanol–water partition coefficient (Wildman–Crippen LogP) is 6.49. The van der Waals surface area contributed by atoms with E-state index in [1.54, 1.807) is 0 Å². The smallest absolute Gasteiger partial charge is 0.232 e. The van der Waals surface area contributed by atoms with Gasteiger partial charge in [0.05, 0.1) is 0 Å². The molecule has 0 radical (unpaired) electrons. The molecule has 3 aliphatic carbocycles. The standard InChI is InChI=1S/C13HF21/c14-2-1(4(17,18)8(23,24)11(29,30)7(2,21)22)3(15,16)6(20)5(2,19)9(25,26)12(31,32)13(33,34)10(6,27)28/h1H. The van der Waals surface area contributed by atoms with Crippen LogP contribution in [0.3, 0.4) is 0 Å². The van der Waals surface area contributed by atoms with Crippen LogP contribution in [0.4, 0.5) is 92.2 Å². The summed E-state index contributed by atoms with van der Waals surface area (Å²) in [7, 11) is 0. The summed E-state index contributed by atoms with van der Waals surface area (Å²) in [5, 5.41) is 0. The summed E-state index contributed by atoms with van der Waals surface area (Å²) in [5.74, 6) is -82.8. The Morgan fingerprint density at radius 1 is 0.265 bits per heavy atom. The lowest BCUT2D eigenvalue weighted by atomic mass is 9.59. The van der Waals surface area contributed by atoms with Gasteiger partial charge in [0.15, 0.2) is 0 Å². The molecule has 4 unspecified atom stereocenters. The second-order valence-corrected chi connectivity index (χ2v) is 7.73. The summed E-state index contributed by atoms with van der Waals surface area (Å²) in [6.07, 6.45) is 0. The molecule has 34 heavy (non-hydrogen) atoms. The van der Waals surface area contributed by atoms with Gasteiger partial charge >= 0.3 is 53.3 Å². The summed E-state index contributed by atoms with van der Waals surface area (Å²) in [6.45, 7) is 0. The van der Waals surface area contributed by atoms with Crippen LogP contribution < -0.4 is 0 Å². The first-order valence-electron chi connectivity index (χ1n) is 7.83. The van der Waals surface area contributed by atoms with Crippen LogP contribution in [0.1, 0.15) is 0 Å². The summed E-state index contributed by atoms with van der Waals surface area (Å²) >= 11 is 0. The fraction of sp³-hybridized carbons (Fsp3) is 1.00. The summed E-state index contributed by atoms with van der Waals surface area (Å²) in [4.78, 5) is 0. The molecule has 3 saturated carbocycles. The lowest BCUT2D eigenvalue weighted by Gasteiger charge is -2.57. The van der Waals surface area contributed by atoms with Crippen LogP contribution in [-0.4, -0.2) is 70.3 Å². The largest absolute Gasteiger partial charge is 0.382 e. The van der Waals surface area contributed by atoms with Crippen molar-refractivity contribution < 1.29 is 92.2 Å². The SMILES string of the molecule is FC1(F)C2C(F)(F)C3(F)C(F)(F)C(F)(F)C(F)(F)C(F)(F)C3(F)C2(F)C(F)(F)C(F)(F)C1(F)F. The highest BCUT2D eigenvalue weighted by molar-refractivity contribution is 5.49. The Kier molecular flexibility index (Phi) is 4.34. The van der Waals surface area contributed by atoms with Gasteiger partial charge in [-0.3, -0.25) is 0 Å². The molecular formula is C13HF21. The van der Waals surface area contributed by atoms with Gasteiger partial charge in [-0.25, -0.2) is 22.0 Å². The second kappa shape index (κ2) is 5.44. The summed E-state index contributed by atoms with van der Waals surface area (Å²) < 4.78 is 293. The van der Waals surface area contributed by atoms with Crippen LogP contribution in [0.2, 0.25) is 0 Å². The van der Waals surface area contributed by atoms with Gasteiger partial charge in [-0.1, -0.05) is 0 Å². The highest BCUT2D eigenvalue weighted by atomic mass is 19.4. The van der Waals surface area contributed by atoms with Crippen molar-refractivity contribution in [2.24, 2.45) is 5.92 Å². The van der Waals surface area contributed by atoms with Gasteiger partial charge in [0, 0.05) is 0 Å². The van der Waals surface area contributed by atoms with Crippen molar-refractivity contribution in [1.82, 2.24) is 0 Å². The quantitative estimate of drug-likeness (QED) is 0.300. The first-order chi connectivity index (χ1) is 14.4. The molecule has 0 aromatic carbocycles. The molecule has 3 fully saturated rings. The van der Waals surface area contributed by atoms with E-state index < -0.39 is 76.2 Å². The molecular weight excluding hydrogens is 555 g/mol. The molecule has 3 aliphatic rings. The Morgan fingerprint density at radius 2 is 0.559 bits per heavy atom. The second-order valence-electron chi connectivity index (χ2n) is 7.73. The van der Waals surface area contributed by atoms with E-state index >= 15 is 8.78 Å². The van der Waals surface area contributed by atoms with Crippen LogP contribution in [0.5, 0.6) is 0 Å². The zero-order valence-corrected chi connectivity index (χ0v) is 14.5. The number of hydrogen-bond donors (Lipinski definition) is 0. The van der Waals surface area contributed by atoms with E-state index in [0.29, 0.717) is 0 Å². The molecule has 0 heterocycles. The number of fused-ring (bicyclic) bond motifs is 3. The molecule has 0 aromatic heterocycles. The Balaban J connectivity index is 2.71. The third kappa shape index (κ3) is 1.72. The first kappa shape index (κ1) is 27.1. The lowest BCUT2D eigenvalue weighted by Crippen LogP contribution is -2.91. The third-order valence-electron chi connectivity index (χ3n) is 6.27. The van der Waals surface area contributed by atoms with Crippen LogP contribution in [0.15, 0.2) is 0 Å². The number of halogens is 21. The minimum Gasteiger partial charge on any atom is -0.232 e. The van der Waals surface area contributed by atoms with Crippen LogP contribution in [0, 0.1) is 5.92 Å². The minimum atomic E-state index is -8.82. The Hall–Kier alpha value is -1.47. The average molecular weight is 556 g/mol. The zero-order valence-electron chi connectivity index (χ0n) is 14.5. The lowest BCUT2D eigenvalue weighted by molar-refractivity contribution is -0.496. The Bertz CT molecular complexity index is 931. The summed E-state index contributed by atoms with van der Waals surface area (Å²) in [6, 6.07) is 0. The van der Waals surface area contributed by atoms with Crippen molar-refractivity contribution in [2.45, 2.75) is 70.3 Å². The first-order valence-corrected chi connectivity index (χ1v) is 7.83. The molecule has 0 aromatic rings. The van der Waals surface area contributed by atoms with Crippen molar-refractivity contribution in [1.29, 1.82) is 0 Å². The third-order valence-corrected chi connectivity index (χ3v) is 6.27. The van der Waals surface area contributed by atoms with Crippen molar-refractivity contribution in [2.75, 3.05) is 0 Å². The van der Waals surface area contributed by atoms with Crippen LogP contribution >= 0.6 is 0 Å². The van der Waals surface area contributed by atoms with Gasteiger partial charge in [-0.15, -0.1) is 0 Å². The maximum absolute atomic E-state index is 15.0. The van der Waals surface area contributed by atoms with E-state index in [1.807, 2.05) is 0 Å². The van der Waals surface area contributed by atoms with Crippen molar-refractivity contribution in [3.63, 3.8) is 0 Å². The van der Waals surface area contributed by atoms with Crippen molar-refractivity contribution in [3.8, 4) is 0 Å².